The second kappa shape index (κ2) is 5.11. The molecule has 1 aliphatic rings. The average molecular weight is 275 g/mol. The lowest BCUT2D eigenvalue weighted by atomic mass is 9.97. The minimum atomic E-state index is -4.46. The molecule has 1 heterocycles. The van der Waals surface area contributed by atoms with Gasteiger partial charge in [0.2, 0.25) is 5.79 Å². The summed E-state index contributed by atoms with van der Waals surface area (Å²) >= 11 is 0. The molecule has 6 heteroatoms. The number of hydrogen-bond donors (Lipinski definition) is 1. The first-order valence-corrected chi connectivity index (χ1v) is 6.04. The van der Waals surface area contributed by atoms with Crippen LogP contribution in [0.25, 0.3) is 0 Å². The van der Waals surface area contributed by atoms with E-state index in [9.17, 15) is 13.2 Å². The highest BCUT2D eigenvalue weighted by molar-refractivity contribution is 5.34. The molecule has 2 rings (SSSR count). The molecule has 0 aromatic heterocycles. The van der Waals surface area contributed by atoms with E-state index in [-0.39, 0.29) is 18.0 Å². The van der Waals surface area contributed by atoms with E-state index < -0.39 is 17.5 Å². The second-order valence-corrected chi connectivity index (χ2v) is 4.73. The summed E-state index contributed by atoms with van der Waals surface area (Å²) in [6.07, 6.45) is -4.46. The van der Waals surface area contributed by atoms with Gasteiger partial charge in [0.15, 0.2) is 0 Å². The summed E-state index contributed by atoms with van der Waals surface area (Å²) in [6, 6.07) is 5.22. The van der Waals surface area contributed by atoms with Gasteiger partial charge in [0.25, 0.3) is 0 Å². The Morgan fingerprint density at radius 2 is 1.84 bits per heavy atom. The van der Waals surface area contributed by atoms with Crippen LogP contribution in [0.1, 0.15) is 18.1 Å². The first-order chi connectivity index (χ1) is 8.89. The maximum Gasteiger partial charge on any atom is 0.416 e. The van der Waals surface area contributed by atoms with Gasteiger partial charge in [-0.25, -0.2) is 0 Å². The van der Waals surface area contributed by atoms with Gasteiger partial charge in [-0.15, -0.1) is 0 Å². The van der Waals surface area contributed by atoms with Gasteiger partial charge < -0.3 is 15.2 Å². The summed E-state index contributed by atoms with van der Waals surface area (Å²) < 4.78 is 50.1. The van der Waals surface area contributed by atoms with Crippen LogP contribution >= 0.6 is 0 Å². The predicted octanol–water partition coefficient (Wildman–Crippen LogP) is 2.50. The number of hydrogen-bond acceptors (Lipinski definition) is 3. The van der Waals surface area contributed by atoms with Gasteiger partial charge in [0.05, 0.1) is 25.3 Å². The molecule has 0 aliphatic carbocycles. The van der Waals surface area contributed by atoms with Gasteiger partial charge >= 0.3 is 6.18 Å². The maximum absolute atomic E-state index is 13.0. The zero-order valence-corrected chi connectivity index (χ0v) is 10.5. The number of rotatable bonds is 2. The van der Waals surface area contributed by atoms with Crippen molar-refractivity contribution in [3.63, 3.8) is 0 Å². The highest BCUT2D eigenvalue weighted by Crippen LogP contribution is 2.40. The molecule has 0 bridgehead atoms. The van der Waals surface area contributed by atoms with Gasteiger partial charge in [-0.1, -0.05) is 25.1 Å². The minimum absolute atomic E-state index is 0.0584. The first-order valence-electron chi connectivity index (χ1n) is 6.04. The van der Waals surface area contributed by atoms with Crippen LogP contribution in [0.5, 0.6) is 0 Å². The third-order valence-corrected chi connectivity index (χ3v) is 3.11. The molecule has 106 valence electrons. The summed E-state index contributed by atoms with van der Waals surface area (Å²) in [7, 11) is 0. The molecule has 0 saturated carbocycles. The predicted molar refractivity (Wildman–Crippen MR) is 63.2 cm³/mol. The lowest BCUT2D eigenvalue weighted by Gasteiger charge is -2.40. The standard InChI is InChI=1S/C13H16F3NO2/c1-9-6-18-12(8-17,19-7-9)10-4-2-3-5-11(10)13(14,15)16/h2-5,9H,6-8,17H2,1H3. The number of benzene rings is 1. The topological polar surface area (TPSA) is 44.5 Å². The van der Waals surface area contributed by atoms with Crippen LogP contribution in [0, 0.1) is 5.92 Å². The van der Waals surface area contributed by atoms with Crippen LogP contribution in [0.3, 0.4) is 0 Å². The van der Waals surface area contributed by atoms with E-state index in [0.717, 1.165) is 6.07 Å². The van der Waals surface area contributed by atoms with E-state index >= 15 is 0 Å². The van der Waals surface area contributed by atoms with E-state index in [1.54, 1.807) is 0 Å². The van der Waals surface area contributed by atoms with Crippen molar-refractivity contribution < 1.29 is 22.6 Å². The Bertz CT molecular complexity index is 440. The molecule has 0 atom stereocenters. The molecule has 1 aromatic carbocycles. The smallest absolute Gasteiger partial charge is 0.344 e. The summed E-state index contributed by atoms with van der Waals surface area (Å²) in [6.45, 7) is 2.38. The van der Waals surface area contributed by atoms with Gasteiger partial charge in [0, 0.05) is 11.5 Å². The number of nitrogens with two attached hydrogens (primary N) is 1. The van der Waals surface area contributed by atoms with Crippen LogP contribution in [0.2, 0.25) is 0 Å². The van der Waals surface area contributed by atoms with E-state index in [1.807, 2.05) is 6.92 Å². The van der Waals surface area contributed by atoms with Gasteiger partial charge in [-0.05, 0) is 6.07 Å². The zero-order chi connectivity index (χ0) is 14.1. The Balaban J connectivity index is 2.44. The lowest BCUT2D eigenvalue weighted by Crippen LogP contribution is -2.47. The molecule has 0 radical (unpaired) electrons. The SMILES string of the molecule is CC1COC(CN)(c2ccccc2C(F)(F)F)OC1. The van der Waals surface area contributed by atoms with Crippen molar-refractivity contribution in [1.82, 2.24) is 0 Å². The second-order valence-electron chi connectivity index (χ2n) is 4.73. The highest BCUT2D eigenvalue weighted by Gasteiger charge is 2.44. The largest absolute Gasteiger partial charge is 0.416 e. The highest BCUT2D eigenvalue weighted by atomic mass is 19.4. The molecule has 19 heavy (non-hydrogen) atoms. The third kappa shape index (κ3) is 2.75. The van der Waals surface area contributed by atoms with Gasteiger partial charge in [-0.2, -0.15) is 13.2 Å². The van der Waals surface area contributed by atoms with E-state index in [1.165, 1.54) is 18.2 Å². The molecule has 1 aliphatic heterocycles. The van der Waals surface area contributed by atoms with Crippen molar-refractivity contribution in [2.24, 2.45) is 11.7 Å². The van der Waals surface area contributed by atoms with Crippen molar-refractivity contribution >= 4 is 0 Å². The van der Waals surface area contributed by atoms with E-state index in [4.69, 9.17) is 15.2 Å². The Morgan fingerprint density at radius 1 is 1.26 bits per heavy atom. The van der Waals surface area contributed by atoms with E-state index in [2.05, 4.69) is 0 Å². The van der Waals surface area contributed by atoms with Crippen molar-refractivity contribution in [1.29, 1.82) is 0 Å². The molecule has 3 nitrogen and oxygen atoms in total. The average Bonchev–Trinajstić information content (AvgIpc) is 2.39. The zero-order valence-electron chi connectivity index (χ0n) is 10.5. The quantitative estimate of drug-likeness (QED) is 0.902. The Labute approximate surface area is 109 Å². The molecule has 1 saturated heterocycles. The molecule has 0 unspecified atom stereocenters. The Hall–Kier alpha value is -1.11. The molecule has 2 N–H and O–H groups in total. The Morgan fingerprint density at radius 3 is 2.37 bits per heavy atom. The summed E-state index contributed by atoms with van der Waals surface area (Å²) in [5.74, 6) is -1.36. The lowest BCUT2D eigenvalue weighted by molar-refractivity contribution is -0.286. The van der Waals surface area contributed by atoms with Crippen LogP contribution in [0.15, 0.2) is 24.3 Å². The van der Waals surface area contributed by atoms with Gasteiger partial charge in [0.1, 0.15) is 0 Å². The number of ether oxygens (including phenoxy) is 2. The summed E-state index contributed by atoms with van der Waals surface area (Å²) in [5, 5.41) is 0. The number of alkyl halides is 3. The molecular formula is C13H16F3NO2. The van der Waals surface area contributed by atoms with Crippen LogP contribution in [-0.4, -0.2) is 19.8 Å². The van der Waals surface area contributed by atoms with Crippen molar-refractivity contribution in [2.75, 3.05) is 19.8 Å². The fourth-order valence-electron chi connectivity index (χ4n) is 2.09. The fraction of sp³-hybridized carbons (Fsp3) is 0.538. The summed E-state index contributed by atoms with van der Waals surface area (Å²) in [4.78, 5) is 0. The Kier molecular flexibility index (Phi) is 3.85. The molecule has 1 fully saturated rings. The summed E-state index contributed by atoms with van der Waals surface area (Å²) in [5.41, 5.74) is 4.78. The normalized spacial score (nSPS) is 28.4. The van der Waals surface area contributed by atoms with Crippen LogP contribution in [0.4, 0.5) is 13.2 Å². The molecule has 0 amide bonds. The molecule has 0 spiro atoms. The van der Waals surface area contributed by atoms with Crippen molar-refractivity contribution in [3.05, 3.63) is 35.4 Å². The first kappa shape index (κ1) is 14.3. The minimum Gasteiger partial charge on any atom is -0.344 e. The third-order valence-electron chi connectivity index (χ3n) is 3.11. The fourth-order valence-corrected chi connectivity index (χ4v) is 2.09. The number of halogens is 3. The van der Waals surface area contributed by atoms with Crippen LogP contribution < -0.4 is 5.73 Å². The maximum atomic E-state index is 13.0. The monoisotopic (exact) mass is 275 g/mol. The van der Waals surface area contributed by atoms with Crippen molar-refractivity contribution in [2.45, 2.75) is 18.9 Å². The van der Waals surface area contributed by atoms with Gasteiger partial charge in [-0.3, -0.25) is 0 Å². The molecule has 1 aromatic rings. The van der Waals surface area contributed by atoms with Crippen LogP contribution in [-0.2, 0) is 21.4 Å². The van der Waals surface area contributed by atoms with Crippen molar-refractivity contribution in [3.8, 4) is 0 Å². The van der Waals surface area contributed by atoms with E-state index in [0.29, 0.717) is 13.2 Å². The molecular weight excluding hydrogens is 259 g/mol.